The fourth-order valence-corrected chi connectivity index (χ4v) is 4.72. The maximum atomic E-state index is 13.5. The second-order valence-electron chi connectivity index (χ2n) is 8.28. The molecule has 1 saturated carbocycles. The van der Waals surface area contributed by atoms with E-state index in [1.165, 1.54) is 18.4 Å². The standard InChI is InChI=1S/C25H27ClN2O/c1-16-12-18(3)23-19(13-16)14-20(24(26)27-23)15-28(21-9-5-6-10-21)25(29)22-11-7-4-8-17(22)2/h4,7-8,11-14,21H,5-6,9-10,15H2,1-3H3. The van der Waals surface area contributed by atoms with Crippen LogP contribution in [0.5, 0.6) is 0 Å². The highest BCUT2D eigenvalue weighted by molar-refractivity contribution is 6.30. The van der Waals surface area contributed by atoms with Gasteiger partial charge in [-0.1, -0.05) is 54.3 Å². The first-order chi connectivity index (χ1) is 13.9. The fraction of sp³-hybridized carbons (Fsp3) is 0.360. The zero-order chi connectivity index (χ0) is 20.5. The quantitative estimate of drug-likeness (QED) is 0.469. The summed E-state index contributed by atoms with van der Waals surface area (Å²) in [6.07, 6.45) is 4.44. The van der Waals surface area contributed by atoms with Crippen LogP contribution in [0.4, 0.5) is 0 Å². The average molecular weight is 407 g/mol. The summed E-state index contributed by atoms with van der Waals surface area (Å²) in [6.45, 7) is 6.64. The summed E-state index contributed by atoms with van der Waals surface area (Å²) in [4.78, 5) is 20.2. The number of halogens is 1. The van der Waals surface area contributed by atoms with Gasteiger partial charge in [-0.05, 0) is 62.9 Å². The molecule has 0 N–H and O–H groups in total. The van der Waals surface area contributed by atoms with Crippen LogP contribution in [0.2, 0.25) is 5.15 Å². The first-order valence-corrected chi connectivity index (χ1v) is 10.7. The maximum absolute atomic E-state index is 13.5. The van der Waals surface area contributed by atoms with Crippen LogP contribution in [0.25, 0.3) is 10.9 Å². The van der Waals surface area contributed by atoms with Crippen molar-refractivity contribution in [1.82, 2.24) is 9.88 Å². The van der Waals surface area contributed by atoms with E-state index in [2.05, 4.69) is 37.0 Å². The molecular weight excluding hydrogens is 380 g/mol. The van der Waals surface area contributed by atoms with Gasteiger partial charge in [0.05, 0.1) is 5.52 Å². The van der Waals surface area contributed by atoms with Gasteiger partial charge in [0.25, 0.3) is 5.91 Å². The third kappa shape index (κ3) is 4.02. The molecule has 0 aliphatic heterocycles. The number of nitrogens with zero attached hydrogens (tertiary/aromatic N) is 2. The van der Waals surface area contributed by atoms with Crippen molar-refractivity contribution in [3.63, 3.8) is 0 Å². The monoisotopic (exact) mass is 406 g/mol. The van der Waals surface area contributed by atoms with E-state index in [-0.39, 0.29) is 11.9 Å². The lowest BCUT2D eigenvalue weighted by molar-refractivity contribution is 0.0664. The minimum Gasteiger partial charge on any atom is -0.331 e. The topological polar surface area (TPSA) is 33.2 Å². The highest BCUT2D eigenvalue weighted by atomic mass is 35.5. The lowest BCUT2D eigenvalue weighted by atomic mass is 10.0. The van der Waals surface area contributed by atoms with Crippen molar-refractivity contribution >= 4 is 28.4 Å². The SMILES string of the molecule is Cc1cc(C)c2nc(Cl)c(CN(C(=O)c3ccccc3C)C3CCCC3)cc2c1. The molecule has 1 aliphatic rings. The summed E-state index contributed by atoms with van der Waals surface area (Å²) < 4.78 is 0. The fourth-order valence-electron chi connectivity index (χ4n) is 4.52. The molecule has 4 heteroatoms. The van der Waals surface area contributed by atoms with E-state index in [1.807, 2.05) is 36.1 Å². The van der Waals surface area contributed by atoms with Crippen LogP contribution in [0.15, 0.2) is 42.5 Å². The van der Waals surface area contributed by atoms with E-state index in [9.17, 15) is 4.79 Å². The Morgan fingerprint density at radius 2 is 1.79 bits per heavy atom. The molecule has 1 aromatic heterocycles. The first kappa shape index (κ1) is 19.9. The Balaban J connectivity index is 1.74. The third-order valence-electron chi connectivity index (χ3n) is 6.02. The molecule has 0 radical (unpaired) electrons. The Kier molecular flexibility index (Phi) is 5.60. The van der Waals surface area contributed by atoms with Gasteiger partial charge in [-0.25, -0.2) is 4.98 Å². The largest absolute Gasteiger partial charge is 0.331 e. The van der Waals surface area contributed by atoms with Crippen LogP contribution in [0, 0.1) is 20.8 Å². The Morgan fingerprint density at radius 1 is 1.07 bits per heavy atom. The van der Waals surface area contributed by atoms with Crippen LogP contribution in [-0.2, 0) is 6.54 Å². The predicted octanol–water partition coefficient (Wildman–Crippen LogP) is 6.40. The van der Waals surface area contributed by atoms with Crippen LogP contribution >= 0.6 is 11.6 Å². The molecule has 0 bridgehead atoms. The van der Waals surface area contributed by atoms with Gasteiger partial charge in [0.1, 0.15) is 5.15 Å². The summed E-state index contributed by atoms with van der Waals surface area (Å²) in [5, 5.41) is 1.57. The Morgan fingerprint density at radius 3 is 2.52 bits per heavy atom. The van der Waals surface area contributed by atoms with Gasteiger partial charge in [0.15, 0.2) is 0 Å². The lowest BCUT2D eigenvalue weighted by Gasteiger charge is -2.30. The van der Waals surface area contributed by atoms with E-state index < -0.39 is 0 Å². The van der Waals surface area contributed by atoms with Crippen molar-refractivity contribution in [2.45, 2.75) is 59.0 Å². The number of fused-ring (bicyclic) bond motifs is 1. The summed E-state index contributed by atoms with van der Waals surface area (Å²) in [7, 11) is 0. The molecule has 0 unspecified atom stereocenters. The zero-order valence-corrected chi connectivity index (χ0v) is 18.1. The van der Waals surface area contributed by atoms with E-state index in [0.717, 1.165) is 46.0 Å². The second kappa shape index (κ2) is 8.16. The number of carbonyl (C=O) groups excluding carboxylic acids is 1. The van der Waals surface area contributed by atoms with Crippen LogP contribution in [0.3, 0.4) is 0 Å². The van der Waals surface area contributed by atoms with E-state index in [4.69, 9.17) is 11.6 Å². The third-order valence-corrected chi connectivity index (χ3v) is 6.35. The number of aromatic nitrogens is 1. The summed E-state index contributed by atoms with van der Waals surface area (Å²) in [6, 6.07) is 14.5. The lowest BCUT2D eigenvalue weighted by Crippen LogP contribution is -2.38. The number of aryl methyl sites for hydroxylation is 3. The molecule has 1 heterocycles. The minimum absolute atomic E-state index is 0.0894. The molecule has 0 spiro atoms. The molecule has 29 heavy (non-hydrogen) atoms. The molecule has 2 aromatic carbocycles. The molecule has 3 aromatic rings. The van der Waals surface area contributed by atoms with Crippen molar-refractivity contribution in [3.8, 4) is 0 Å². The normalized spacial score (nSPS) is 14.5. The number of pyridine rings is 1. The average Bonchev–Trinajstić information content (AvgIpc) is 3.21. The number of amides is 1. The predicted molar refractivity (Wildman–Crippen MR) is 120 cm³/mol. The van der Waals surface area contributed by atoms with Gasteiger partial charge >= 0.3 is 0 Å². The van der Waals surface area contributed by atoms with E-state index in [1.54, 1.807) is 0 Å². The Hall–Kier alpha value is -2.39. The number of hydrogen-bond acceptors (Lipinski definition) is 2. The molecule has 3 nitrogen and oxygen atoms in total. The number of hydrogen-bond donors (Lipinski definition) is 0. The number of benzene rings is 2. The highest BCUT2D eigenvalue weighted by Gasteiger charge is 2.29. The highest BCUT2D eigenvalue weighted by Crippen LogP contribution is 2.30. The molecule has 4 rings (SSSR count). The van der Waals surface area contributed by atoms with Gasteiger partial charge in [-0.2, -0.15) is 0 Å². The summed E-state index contributed by atoms with van der Waals surface area (Å²) >= 11 is 6.60. The van der Waals surface area contributed by atoms with Gasteiger partial charge in [0.2, 0.25) is 0 Å². The summed E-state index contributed by atoms with van der Waals surface area (Å²) in [5.41, 5.74) is 5.95. The first-order valence-electron chi connectivity index (χ1n) is 10.4. The molecule has 0 saturated heterocycles. The summed E-state index contributed by atoms with van der Waals surface area (Å²) in [5.74, 6) is 0.0894. The van der Waals surface area contributed by atoms with Gasteiger partial charge in [-0.3, -0.25) is 4.79 Å². The van der Waals surface area contributed by atoms with Crippen molar-refractivity contribution in [2.24, 2.45) is 0 Å². The molecule has 1 aliphatic carbocycles. The Labute approximate surface area is 177 Å². The van der Waals surface area contributed by atoms with Gasteiger partial charge in [-0.15, -0.1) is 0 Å². The molecule has 150 valence electrons. The van der Waals surface area contributed by atoms with Crippen LogP contribution < -0.4 is 0 Å². The smallest absolute Gasteiger partial charge is 0.254 e. The number of carbonyl (C=O) groups is 1. The maximum Gasteiger partial charge on any atom is 0.254 e. The van der Waals surface area contributed by atoms with Crippen LogP contribution in [-0.4, -0.2) is 21.8 Å². The second-order valence-corrected chi connectivity index (χ2v) is 8.64. The zero-order valence-electron chi connectivity index (χ0n) is 17.3. The van der Waals surface area contributed by atoms with Crippen LogP contribution in [0.1, 0.15) is 58.3 Å². The minimum atomic E-state index is 0.0894. The molecule has 1 fully saturated rings. The van der Waals surface area contributed by atoms with Crippen molar-refractivity contribution in [2.75, 3.05) is 0 Å². The molecule has 1 amide bonds. The van der Waals surface area contributed by atoms with Crippen molar-refractivity contribution < 1.29 is 4.79 Å². The van der Waals surface area contributed by atoms with E-state index in [0.29, 0.717) is 11.7 Å². The number of rotatable bonds is 4. The van der Waals surface area contributed by atoms with Crippen molar-refractivity contribution in [3.05, 3.63) is 75.4 Å². The van der Waals surface area contributed by atoms with Gasteiger partial charge in [0, 0.05) is 29.1 Å². The van der Waals surface area contributed by atoms with Crippen molar-refractivity contribution in [1.29, 1.82) is 0 Å². The molecule has 0 atom stereocenters. The van der Waals surface area contributed by atoms with Gasteiger partial charge < -0.3 is 4.90 Å². The molecular formula is C25H27ClN2O. The Bertz CT molecular complexity index is 1070. The van der Waals surface area contributed by atoms with E-state index >= 15 is 0 Å².